The normalized spacial score (nSPS) is 23.7. The number of ether oxygens (including phenoxy) is 1. The summed E-state index contributed by atoms with van der Waals surface area (Å²) in [5.74, 6) is -0.0764. The maximum atomic E-state index is 11.4. The van der Waals surface area contributed by atoms with Gasteiger partial charge in [-0.05, 0) is 24.1 Å². The monoisotopic (exact) mass is 268 g/mol. The zero-order valence-corrected chi connectivity index (χ0v) is 11.0. The minimum Gasteiger partial charge on any atom is -0.365 e. The Morgan fingerprint density at radius 2 is 2.22 bits per heavy atom. The predicted molar refractivity (Wildman–Crippen MR) is 70.8 cm³/mol. The van der Waals surface area contributed by atoms with Crippen molar-refractivity contribution < 1.29 is 9.53 Å². The summed E-state index contributed by atoms with van der Waals surface area (Å²) < 4.78 is 5.54. The van der Waals surface area contributed by atoms with Crippen LogP contribution in [0.15, 0.2) is 24.3 Å². The maximum Gasteiger partial charge on any atom is 0.250 e. The Morgan fingerprint density at radius 1 is 1.50 bits per heavy atom. The molecule has 0 bridgehead atoms. The van der Waals surface area contributed by atoms with Crippen LogP contribution in [0.2, 0.25) is 5.02 Å². The van der Waals surface area contributed by atoms with E-state index in [0.29, 0.717) is 13.2 Å². The van der Waals surface area contributed by atoms with Gasteiger partial charge in [0, 0.05) is 24.7 Å². The van der Waals surface area contributed by atoms with E-state index >= 15 is 0 Å². The Hall–Kier alpha value is -1.10. The van der Waals surface area contributed by atoms with Gasteiger partial charge < -0.3 is 15.4 Å². The fourth-order valence-corrected chi connectivity index (χ4v) is 2.12. The lowest BCUT2D eigenvalue weighted by Crippen LogP contribution is -2.52. The molecule has 1 aromatic rings. The molecule has 1 amide bonds. The molecule has 5 heteroatoms. The van der Waals surface area contributed by atoms with Crippen molar-refractivity contribution in [2.75, 3.05) is 20.2 Å². The molecule has 4 nitrogen and oxygen atoms in total. The van der Waals surface area contributed by atoms with Gasteiger partial charge in [-0.3, -0.25) is 4.79 Å². The van der Waals surface area contributed by atoms with Crippen molar-refractivity contribution >= 4 is 17.5 Å². The molecule has 98 valence electrons. The Balaban J connectivity index is 1.83. The molecule has 0 spiro atoms. The summed E-state index contributed by atoms with van der Waals surface area (Å²) in [6.07, 6.45) is 0.494. The van der Waals surface area contributed by atoms with Crippen LogP contribution in [-0.2, 0) is 16.0 Å². The lowest BCUT2D eigenvalue weighted by Gasteiger charge is -2.29. The molecule has 0 aromatic heterocycles. The number of rotatable bonds is 3. The number of hydrogen-bond donors (Lipinski definition) is 2. The van der Waals surface area contributed by atoms with Gasteiger partial charge in [0.1, 0.15) is 6.10 Å². The number of benzene rings is 1. The first-order valence-corrected chi connectivity index (χ1v) is 6.38. The molecule has 2 atom stereocenters. The quantitative estimate of drug-likeness (QED) is 0.860. The van der Waals surface area contributed by atoms with E-state index in [1.165, 1.54) is 5.56 Å². The van der Waals surface area contributed by atoms with Gasteiger partial charge in [-0.15, -0.1) is 0 Å². The highest BCUT2D eigenvalue weighted by Gasteiger charge is 2.25. The largest absolute Gasteiger partial charge is 0.365 e. The van der Waals surface area contributed by atoms with Crippen LogP contribution >= 0.6 is 11.6 Å². The molecule has 0 unspecified atom stereocenters. The molecular weight excluding hydrogens is 252 g/mol. The average molecular weight is 269 g/mol. The molecule has 0 radical (unpaired) electrons. The van der Waals surface area contributed by atoms with Crippen molar-refractivity contribution in [1.82, 2.24) is 10.6 Å². The fourth-order valence-electron chi connectivity index (χ4n) is 1.99. The second-order valence-corrected chi connectivity index (χ2v) is 4.81. The predicted octanol–water partition coefficient (Wildman–Crippen LogP) is 0.986. The third kappa shape index (κ3) is 3.45. The van der Waals surface area contributed by atoms with Gasteiger partial charge in [-0.2, -0.15) is 0 Å². The van der Waals surface area contributed by atoms with Crippen LogP contribution in [0.3, 0.4) is 0 Å². The molecule has 1 heterocycles. The summed E-state index contributed by atoms with van der Waals surface area (Å²) in [6.45, 7) is 1.10. The number of carbonyl (C=O) groups is 1. The van der Waals surface area contributed by atoms with Gasteiger partial charge in [0.05, 0.1) is 6.61 Å². The van der Waals surface area contributed by atoms with Crippen molar-refractivity contribution in [3.05, 3.63) is 34.9 Å². The van der Waals surface area contributed by atoms with Gasteiger partial charge in [0.2, 0.25) is 5.91 Å². The summed E-state index contributed by atoms with van der Waals surface area (Å²) in [5, 5.41) is 6.66. The summed E-state index contributed by atoms with van der Waals surface area (Å²) in [6, 6.07) is 8.03. The van der Waals surface area contributed by atoms with Crippen LogP contribution in [0, 0.1) is 0 Å². The van der Waals surface area contributed by atoms with E-state index < -0.39 is 0 Å². The molecule has 18 heavy (non-hydrogen) atoms. The summed E-state index contributed by atoms with van der Waals surface area (Å²) in [5.41, 5.74) is 1.21. The van der Waals surface area contributed by atoms with Crippen LogP contribution in [0.4, 0.5) is 0 Å². The van der Waals surface area contributed by atoms with E-state index in [1.54, 1.807) is 7.05 Å². The smallest absolute Gasteiger partial charge is 0.250 e. The van der Waals surface area contributed by atoms with E-state index in [4.69, 9.17) is 16.3 Å². The number of halogens is 1. The first-order chi connectivity index (χ1) is 8.69. The van der Waals surface area contributed by atoms with Crippen molar-refractivity contribution in [3.63, 3.8) is 0 Å². The molecular formula is C13H17ClN2O2. The summed E-state index contributed by atoms with van der Waals surface area (Å²) >= 11 is 5.84. The maximum absolute atomic E-state index is 11.4. The Kier molecular flexibility index (Phi) is 4.58. The van der Waals surface area contributed by atoms with Crippen molar-refractivity contribution in [3.8, 4) is 0 Å². The first-order valence-electron chi connectivity index (χ1n) is 6.00. The summed E-state index contributed by atoms with van der Waals surface area (Å²) in [4.78, 5) is 11.4. The molecule has 1 saturated heterocycles. The van der Waals surface area contributed by atoms with Gasteiger partial charge in [-0.1, -0.05) is 23.7 Å². The fraction of sp³-hybridized carbons (Fsp3) is 0.462. The molecule has 1 aliphatic heterocycles. The molecule has 1 fully saturated rings. The first kappa shape index (κ1) is 13.3. The van der Waals surface area contributed by atoms with Crippen LogP contribution in [0.25, 0.3) is 0 Å². The van der Waals surface area contributed by atoms with Gasteiger partial charge in [-0.25, -0.2) is 0 Å². The molecule has 1 aliphatic rings. The highest BCUT2D eigenvalue weighted by molar-refractivity contribution is 6.30. The van der Waals surface area contributed by atoms with Crippen LogP contribution < -0.4 is 10.6 Å². The molecule has 1 aromatic carbocycles. The van der Waals surface area contributed by atoms with Crippen molar-refractivity contribution in [2.45, 2.75) is 18.6 Å². The number of morpholine rings is 1. The van der Waals surface area contributed by atoms with Crippen LogP contribution in [0.5, 0.6) is 0 Å². The topological polar surface area (TPSA) is 50.4 Å². The summed E-state index contributed by atoms with van der Waals surface area (Å²) in [7, 11) is 1.62. The lowest BCUT2D eigenvalue weighted by molar-refractivity contribution is -0.135. The number of carbonyl (C=O) groups excluding carboxylic acids is 1. The van der Waals surface area contributed by atoms with Gasteiger partial charge in [0.25, 0.3) is 0 Å². The van der Waals surface area contributed by atoms with Crippen molar-refractivity contribution in [1.29, 1.82) is 0 Å². The van der Waals surface area contributed by atoms with Crippen LogP contribution in [0.1, 0.15) is 5.56 Å². The molecule has 0 saturated carbocycles. The third-order valence-corrected chi connectivity index (χ3v) is 3.28. The second kappa shape index (κ2) is 6.18. The minimum absolute atomic E-state index is 0.0764. The molecule has 2 N–H and O–H groups in total. The van der Waals surface area contributed by atoms with E-state index in [1.807, 2.05) is 24.3 Å². The zero-order valence-electron chi connectivity index (χ0n) is 10.3. The number of nitrogens with one attached hydrogen (secondary N) is 2. The number of hydrogen-bond acceptors (Lipinski definition) is 3. The van der Waals surface area contributed by atoms with E-state index in [0.717, 1.165) is 11.4 Å². The highest BCUT2D eigenvalue weighted by atomic mass is 35.5. The average Bonchev–Trinajstić information content (AvgIpc) is 2.41. The van der Waals surface area contributed by atoms with E-state index in [9.17, 15) is 4.79 Å². The van der Waals surface area contributed by atoms with Crippen LogP contribution in [-0.4, -0.2) is 38.3 Å². The third-order valence-electron chi connectivity index (χ3n) is 3.02. The Morgan fingerprint density at radius 3 is 2.78 bits per heavy atom. The second-order valence-electron chi connectivity index (χ2n) is 4.37. The number of likely N-dealkylation sites (N-methyl/N-ethyl adjacent to an activating group) is 1. The minimum atomic E-state index is -0.378. The molecule has 0 aliphatic carbocycles. The Bertz CT molecular complexity index is 400. The Labute approximate surface area is 112 Å². The van der Waals surface area contributed by atoms with Gasteiger partial charge >= 0.3 is 0 Å². The number of amides is 1. The lowest BCUT2D eigenvalue weighted by atomic mass is 10.1. The SMILES string of the molecule is CNC(=O)[C@H]1CN[C@@H](Cc2ccc(Cl)cc2)CO1. The van der Waals surface area contributed by atoms with Gasteiger partial charge in [0.15, 0.2) is 0 Å². The standard InChI is InChI=1S/C13H17ClN2O2/c1-15-13(17)12-7-16-11(8-18-12)6-9-2-4-10(14)5-3-9/h2-5,11-12,16H,6-8H2,1H3,(H,15,17)/t11-,12+/m0/s1. The van der Waals surface area contributed by atoms with E-state index in [-0.39, 0.29) is 18.1 Å². The highest BCUT2D eigenvalue weighted by Crippen LogP contribution is 2.12. The van der Waals surface area contributed by atoms with Crippen molar-refractivity contribution in [2.24, 2.45) is 0 Å². The van der Waals surface area contributed by atoms with E-state index in [2.05, 4.69) is 10.6 Å². The molecule has 2 rings (SSSR count). The zero-order chi connectivity index (χ0) is 13.0.